The van der Waals surface area contributed by atoms with Gasteiger partial charge < -0.3 is 10.6 Å². The molecule has 2 fully saturated rings. The molecule has 2 aliphatic rings. The predicted octanol–water partition coefficient (Wildman–Crippen LogP) is 2.30. The highest BCUT2D eigenvalue weighted by Crippen LogP contribution is 2.33. The maximum Gasteiger partial charge on any atom is 0.227 e. The molecule has 7 heteroatoms. The topological polar surface area (TPSA) is 70.2 Å². The van der Waals surface area contributed by atoms with Crippen LogP contribution in [0.1, 0.15) is 24.8 Å². The number of carbonyl (C=O) groups is 2. The zero-order valence-corrected chi connectivity index (χ0v) is 14.5. The van der Waals surface area contributed by atoms with Gasteiger partial charge >= 0.3 is 0 Å². The fourth-order valence-electron chi connectivity index (χ4n) is 3.37. The van der Waals surface area contributed by atoms with E-state index in [-0.39, 0.29) is 35.2 Å². The van der Waals surface area contributed by atoms with Crippen LogP contribution in [0.5, 0.6) is 0 Å². The number of nitrogens with one attached hydrogen (secondary N) is 3. The molecule has 1 aliphatic carbocycles. The van der Waals surface area contributed by atoms with Crippen LogP contribution in [0.2, 0.25) is 5.02 Å². The molecule has 1 aliphatic heterocycles. The van der Waals surface area contributed by atoms with Crippen molar-refractivity contribution in [1.82, 2.24) is 10.6 Å². The monoisotopic (exact) mass is 353 g/mol. The van der Waals surface area contributed by atoms with Gasteiger partial charge in [-0.05, 0) is 43.9 Å². The van der Waals surface area contributed by atoms with Gasteiger partial charge in [-0.1, -0.05) is 17.7 Å². The molecular weight excluding hydrogens is 334 g/mol. The first-order valence-corrected chi connectivity index (χ1v) is 8.65. The quantitative estimate of drug-likeness (QED) is 0.617. The Kier molecular flexibility index (Phi) is 4.85. The lowest BCUT2D eigenvalue weighted by Gasteiger charge is -2.40. The van der Waals surface area contributed by atoms with E-state index in [0.717, 1.165) is 11.3 Å². The van der Waals surface area contributed by atoms with E-state index in [1.54, 1.807) is 6.07 Å². The summed E-state index contributed by atoms with van der Waals surface area (Å²) in [5, 5.41) is 9.63. The maximum atomic E-state index is 12.6. The van der Waals surface area contributed by atoms with E-state index in [1.165, 1.54) is 0 Å². The third-order valence-electron chi connectivity index (χ3n) is 4.73. The number of amides is 2. The lowest BCUT2D eigenvalue weighted by atomic mass is 9.76. The average Bonchev–Trinajstić information content (AvgIpc) is 2.51. The number of hydrogen-bond acceptors (Lipinski definition) is 4. The van der Waals surface area contributed by atoms with Crippen LogP contribution in [0.25, 0.3) is 0 Å². The molecule has 1 saturated heterocycles. The highest BCUT2D eigenvalue weighted by atomic mass is 35.5. The molecule has 1 aromatic carbocycles. The summed E-state index contributed by atoms with van der Waals surface area (Å²) >= 11 is 10.4. The summed E-state index contributed by atoms with van der Waals surface area (Å²) in [5.74, 6) is -0.181. The molecule has 124 valence electrons. The fourth-order valence-corrected chi connectivity index (χ4v) is 3.86. The van der Waals surface area contributed by atoms with E-state index < -0.39 is 0 Å². The number of benzene rings is 1. The van der Waals surface area contributed by atoms with Crippen molar-refractivity contribution in [2.45, 2.75) is 37.7 Å². The molecule has 23 heavy (non-hydrogen) atoms. The molecule has 0 aromatic heterocycles. The van der Waals surface area contributed by atoms with Crippen molar-refractivity contribution in [2.75, 3.05) is 5.32 Å². The van der Waals surface area contributed by atoms with Crippen LogP contribution in [0.15, 0.2) is 18.2 Å². The Hall–Kier alpha value is -1.24. The number of halogens is 1. The summed E-state index contributed by atoms with van der Waals surface area (Å²) in [6, 6.07) is 5.47. The minimum absolute atomic E-state index is 0.00351. The summed E-state index contributed by atoms with van der Waals surface area (Å²) < 4.78 is 0. The van der Waals surface area contributed by atoms with Gasteiger partial charge in [-0.25, -0.2) is 0 Å². The van der Waals surface area contributed by atoms with Crippen LogP contribution in [-0.4, -0.2) is 23.4 Å². The molecule has 3 rings (SSSR count). The summed E-state index contributed by atoms with van der Waals surface area (Å²) in [4.78, 5) is 24.5. The summed E-state index contributed by atoms with van der Waals surface area (Å²) in [7, 11) is 0. The van der Waals surface area contributed by atoms with Crippen LogP contribution in [0.3, 0.4) is 0 Å². The molecule has 5 nitrogen and oxygen atoms in total. The maximum absolute atomic E-state index is 12.6. The molecule has 4 atom stereocenters. The number of rotatable bonds is 2. The van der Waals surface area contributed by atoms with Crippen molar-refractivity contribution < 1.29 is 9.59 Å². The number of hydrogen-bond donors (Lipinski definition) is 4. The van der Waals surface area contributed by atoms with Gasteiger partial charge in [0, 0.05) is 22.7 Å². The lowest BCUT2D eigenvalue weighted by molar-refractivity contribution is -0.132. The molecule has 3 N–H and O–H groups in total. The van der Waals surface area contributed by atoms with Gasteiger partial charge in [0.25, 0.3) is 0 Å². The standard InChI is InChI=1S/C16H20ClN3O2S/c1-8-11(17)3-2-4-12(8)18-14(21)9-5-6-10-13(7-9)19-16(23)20-15(10)22/h2-4,9-10,13,16,19,23H,5-7H2,1H3,(H,18,21)(H,20,22). The number of carbonyl (C=O) groups excluding carboxylic acids is 2. The second kappa shape index (κ2) is 6.71. The summed E-state index contributed by atoms with van der Waals surface area (Å²) in [6.07, 6.45) is 2.05. The first kappa shape index (κ1) is 16.6. The van der Waals surface area contributed by atoms with Gasteiger partial charge in [0.05, 0.1) is 5.92 Å². The smallest absolute Gasteiger partial charge is 0.227 e. The van der Waals surface area contributed by atoms with E-state index in [4.69, 9.17) is 11.6 Å². The van der Waals surface area contributed by atoms with Gasteiger partial charge in [0.1, 0.15) is 5.50 Å². The first-order valence-electron chi connectivity index (χ1n) is 7.76. The van der Waals surface area contributed by atoms with Gasteiger partial charge in [-0.2, -0.15) is 0 Å². The van der Waals surface area contributed by atoms with Gasteiger partial charge in [0.15, 0.2) is 0 Å². The minimum Gasteiger partial charge on any atom is -0.332 e. The third-order valence-corrected chi connectivity index (χ3v) is 5.42. The Morgan fingerprint density at radius 1 is 1.39 bits per heavy atom. The Labute approximate surface area is 146 Å². The zero-order chi connectivity index (χ0) is 16.6. The zero-order valence-electron chi connectivity index (χ0n) is 12.8. The van der Waals surface area contributed by atoms with E-state index >= 15 is 0 Å². The lowest BCUT2D eigenvalue weighted by Crippen LogP contribution is -2.61. The molecule has 1 aromatic rings. The molecule has 0 bridgehead atoms. The fraction of sp³-hybridized carbons (Fsp3) is 0.500. The molecule has 0 radical (unpaired) electrons. The third kappa shape index (κ3) is 3.49. The van der Waals surface area contributed by atoms with Crippen molar-refractivity contribution in [3.05, 3.63) is 28.8 Å². The van der Waals surface area contributed by atoms with Crippen molar-refractivity contribution in [2.24, 2.45) is 11.8 Å². The molecule has 1 heterocycles. The Bertz CT molecular complexity index is 640. The highest BCUT2D eigenvalue weighted by Gasteiger charge is 2.41. The van der Waals surface area contributed by atoms with E-state index in [1.807, 2.05) is 19.1 Å². The van der Waals surface area contributed by atoms with Crippen LogP contribution in [0, 0.1) is 18.8 Å². The number of fused-ring (bicyclic) bond motifs is 1. The second-order valence-corrected chi connectivity index (χ2v) is 7.13. The van der Waals surface area contributed by atoms with Crippen LogP contribution < -0.4 is 16.0 Å². The number of anilines is 1. The molecule has 1 saturated carbocycles. The second-order valence-electron chi connectivity index (χ2n) is 6.20. The average molecular weight is 354 g/mol. The predicted molar refractivity (Wildman–Crippen MR) is 93.5 cm³/mol. The van der Waals surface area contributed by atoms with Crippen LogP contribution in [0.4, 0.5) is 5.69 Å². The van der Waals surface area contributed by atoms with E-state index in [2.05, 4.69) is 28.6 Å². The minimum atomic E-state index is -0.347. The molecule has 0 spiro atoms. The molecular formula is C16H20ClN3O2S. The van der Waals surface area contributed by atoms with Gasteiger partial charge in [-0.3, -0.25) is 14.9 Å². The van der Waals surface area contributed by atoms with Crippen molar-refractivity contribution in [3.63, 3.8) is 0 Å². The normalized spacial score (nSPS) is 30.3. The van der Waals surface area contributed by atoms with Crippen molar-refractivity contribution in [3.8, 4) is 0 Å². The van der Waals surface area contributed by atoms with Crippen molar-refractivity contribution in [1.29, 1.82) is 0 Å². The van der Waals surface area contributed by atoms with E-state index in [0.29, 0.717) is 24.3 Å². The Balaban J connectivity index is 1.67. The van der Waals surface area contributed by atoms with Crippen LogP contribution >= 0.6 is 24.2 Å². The Morgan fingerprint density at radius 2 is 2.17 bits per heavy atom. The molecule has 4 unspecified atom stereocenters. The summed E-state index contributed by atoms with van der Waals surface area (Å²) in [6.45, 7) is 1.88. The Morgan fingerprint density at radius 3 is 2.96 bits per heavy atom. The van der Waals surface area contributed by atoms with E-state index in [9.17, 15) is 9.59 Å². The SMILES string of the molecule is Cc1c(Cl)cccc1NC(=O)C1CCC2C(=O)NC(S)NC2C1. The molecule has 2 amide bonds. The van der Waals surface area contributed by atoms with Gasteiger partial charge in [-0.15, -0.1) is 12.6 Å². The van der Waals surface area contributed by atoms with Gasteiger partial charge in [0.2, 0.25) is 11.8 Å². The highest BCUT2D eigenvalue weighted by molar-refractivity contribution is 7.80. The number of thiol groups is 1. The summed E-state index contributed by atoms with van der Waals surface area (Å²) in [5.41, 5.74) is 1.26. The van der Waals surface area contributed by atoms with Crippen molar-refractivity contribution >= 4 is 41.7 Å². The van der Waals surface area contributed by atoms with Crippen LogP contribution in [-0.2, 0) is 9.59 Å². The largest absolute Gasteiger partial charge is 0.332 e. The first-order chi connectivity index (χ1) is 11.0.